The number of para-hydroxylation sites is 1. The molecule has 2 aromatic carbocycles. The molecule has 0 radical (unpaired) electrons. The fourth-order valence-electron chi connectivity index (χ4n) is 2.49. The summed E-state index contributed by atoms with van der Waals surface area (Å²) < 4.78 is 0. The largest absolute Gasteiger partial charge is 0.388 e. The van der Waals surface area contributed by atoms with Crippen molar-refractivity contribution in [1.82, 2.24) is 0 Å². The Kier molecular flexibility index (Phi) is 4.63. The lowest BCUT2D eigenvalue weighted by Gasteiger charge is -2.24. The van der Waals surface area contributed by atoms with Gasteiger partial charge in [-0.25, -0.2) is 0 Å². The van der Waals surface area contributed by atoms with Crippen molar-refractivity contribution in [2.45, 2.75) is 20.8 Å². The molecule has 1 N–H and O–H groups in total. The molecule has 0 atom stereocenters. The Labute approximate surface area is 126 Å². The summed E-state index contributed by atoms with van der Waals surface area (Å²) in [7, 11) is 1.88. The Morgan fingerprint density at radius 2 is 1.81 bits per heavy atom. The van der Waals surface area contributed by atoms with E-state index in [1.54, 1.807) is 0 Å². The monoisotopic (exact) mass is 282 g/mol. The van der Waals surface area contributed by atoms with Gasteiger partial charge in [-0.2, -0.15) is 0 Å². The number of carbonyl (C=O) groups is 1. The maximum absolute atomic E-state index is 12.9. The highest BCUT2D eigenvalue weighted by molar-refractivity contribution is 6.07. The van der Waals surface area contributed by atoms with Crippen LogP contribution in [0.15, 0.2) is 42.5 Å². The van der Waals surface area contributed by atoms with Crippen molar-refractivity contribution in [3.05, 3.63) is 59.2 Å². The molecule has 1 amide bonds. The van der Waals surface area contributed by atoms with Crippen molar-refractivity contribution in [2.24, 2.45) is 0 Å². The van der Waals surface area contributed by atoms with Crippen molar-refractivity contribution >= 4 is 17.3 Å². The molecular formula is C18H22N2O. The van der Waals surface area contributed by atoms with Crippen molar-refractivity contribution < 1.29 is 4.79 Å². The number of nitrogens with zero attached hydrogens (tertiary/aromatic N) is 1. The number of rotatable bonds is 4. The quantitative estimate of drug-likeness (QED) is 0.919. The van der Waals surface area contributed by atoms with E-state index in [0.717, 1.165) is 28.1 Å². The van der Waals surface area contributed by atoms with Gasteiger partial charge in [0.2, 0.25) is 0 Å². The predicted octanol–water partition coefficient (Wildman–Crippen LogP) is 4.01. The van der Waals surface area contributed by atoms with Crippen LogP contribution >= 0.6 is 0 Å². The molecule has 0 saturated carbocycles. The fraction of sp³-hybridized carbons (Fsp3) is 0.278. The smallest absolute Gasteiger partial charge is 0.258 e. The van der Waals surface area contributed by atoms with Gasteiger partial charge in [0, 0.05) is 30.5 Å². The van der Waals surface area contributed by atoms with Gasteiger partial charge in [-0.15, -0.1) is 0 Å². The van der Waals surface area contributed by atoms with E-state index in [9.17, 15) is 4.79 Å². The molecule has 0 aromatic heterocycles. The molecule has 2 aromatic rings. The number of nitrogens with one attached hydrogen (secondary N) is 1. The molecule has 21 heavy (non-hydrogen) atoms. The van der Waals surface area contributed by atoms with Gasteiger partial charge in [-0.3, -0.25) is 4.79 Å². The van der Waals surface area contributed by atoms with Gasteiger partial charge in [-0.1, -0.05) is 18.2 Å². The van der Waals surface area contributed by atoms with Crippen LogP contribution in [0.4, 0.5) is 11.4 Å². The number of hydrogen-bond acceptors (Lipinski definition) is 2. The SMILES string of the molecule is CCN(C(=O)c1ccc(NC)cc1C)c1ccccc1C. The summed E-state index contributed by atoms with van der Waals surface area (Å²) in [5.41, 5.74) is 4.83. The van der Waals surface area contributed by atoms with E-state index in [-0.39, 0.29) is 5.91 Å². The molecule has 0 spiro atoms. The van der Waals surface area contributed by atoms with Gasteiger partial charge < -0.3 is 10.2 Å². The first-order chi connectivity index (χ1) is 10.1. The van der Waals surface area contributed by atoms with Crippen molar-refractivity contribution in [1.29, 1.82) is 0 Å². The molecule has 3 heteroatoms. The molecule has 110 valence electrons. The summed E-state index contributed by atoms with van der Waals surface area (Å²) in [6, 6.07) is 13.8. The number of anilines is 2. The first kappa shape index (κ1) is 15.1. The van der Waals surface area contributed by atoms with Crippen LogP contribution in [0.25, 0.3) is 0 Å². The molecule has 0 aliphatic carbocycles. The summed E-state index contributed by atoms with van der Waals surface area (Å²) in [5, 5.41) is 3.09. The molecular weight excluding hydrogens is 260 g/mol. The Morgan fingerprint density at radius 3 is 2.38 bits per heavy atom. The third kappa shape index (κ3) is 3.07. The second kappa shape index (κ2) is 6.44. The molecule has 0 aliphatic rings. The molecule has 0 heterocycles. The second-order valence-electron chi connectivity index (χ2n) is 5.12. The van der Waals surface area contributed by atoms with Crippen LogP contribution in [-0.4, -0.2) is 19.5 Å². The average Bonchev–Trinajstić information content (AvgIpc) is 2.49. The van der Waals surface area contributed by atoms with E-state index < -0.39 is 0 Å². The van der Waals surface area contributed by atoms with E-state index in [0.29, 0.717) is 6.54 Å². The molecule has 0 saturated heterocycles. The average molecular weight is 282 g/mol. The van der Waals surface area contributed by atoms with E-state index in [2.05, 4.69) is 5.32 Å². The summed E-state index contributed by atoms with van der Waals surface area (Å²) >= 11 is 0. The Hall–Kier alpha value is -2.29. The summed E-state index contributed by atoms with van der Waals surface area (Å²) in [4.78, 5) is 14.7. The first-order valence-electron chi connectivity index (χ1n) is 7.24. The van der Waals surface area contributed by atoms with Crippen LogP contribution in [-0.2, 0) is 0 Å². The lowest BCUT2D eigenvalue weighted by molar-refractivity contribution is 0.0987. The predicted molar refractivity (Wildman–Crippen MR) is 89.3 cm³/mol. The maximum Gasteiger partial charge on any atom is 0.258 e. The van der Waals surface area contributed by atoms with Gasteiger partial charge in [0.15, 0.2) is 0 Å². The molecule has 0 fully saturated rings. The van der Waals surface area contributed by atoms with Crippen LogP contribution in [0.1, 0.15) is 28.4 Å². The maximum atomic E-state index is 12.9. The van der Waals surface area contributed by atoms with Gasteiger partial charge in [0.1, 0.15) is 0 Å². The number of benzene rings is 2. The number of carbonyl (C=O) groups excluding carboxylic acids is 1. The topological polar surface area (TPSA) is 32.3 Å². The summed E-state index contributed by atoms with van der Waals surface area (Å²) in [6.45, 7) is 6.65. The summed E-state index contributed by atoms with van der Waals surface area (Å²) in [6.07, 6.45) is 0. The van der Waals surface area contributed by atoms with Crippen LogP contribution in [0.3, 0.4) is 0 Å². The first-order valence-corrected chi connectivity index (χ1v) is 7.24. The van der Waals surface area contributed by atoms with Gasteiger partial charge in [-0.05, 0) is 56.2 Å². The molecule has 2 rings (SSSR count). The zero-order valence-corrected chi connectivity index (χ0v) is 13.1. The minimum Gasteiger partial charge on any atom is -0.388 e. The lowest BCUT2D eigenvalue weighted by Crippen LogP contribution is -2.31. The van der Waals surface area contributed by atoms with E-state index in [4.69, 9.17) is 0 Å². The molecule has 0 unspecified atom stereocenters. The van der Waals surface area contributed by atoms with Crippen LogP contribution < -0.4 is 10.2 Å². The van der Waals surface area contributed by atoms with Crippen molar-refractivity contribution in [3.63, 3.8) is 0 Å². The van der Waals surface area contributed by atoms with Crippen LogP contribution in [0, 0.1) is 13.8 Å². The number of hydrogen-bond donors (Lipinski definition) is 1. The van der Waals surface area contributed by atoms with E-state index >= 15 is 0 Å². The third-order valence-corrected chi connectivity index (χ3v) is 3.71. The number of aryl methyl sites for hydroxylation is 2. The molecule has 3 nitrogen and oxygen atoms in total. The fourth-order valence-corrected chi connectivity index (χ4v) is 2.49. The van der Waals surface area contributed by atoms with Crippen LogP contribution in [0.5, 0.6) is 0 Å². The third-order valence-electron chi connectivity index (χ3n) is 3.71. The highest BCUT2D eigenvalue weighted by atomic mass is 16.2. The number of amides is 1. The van der Waals surface area contributed by atoms with Gasteiger partial charge in [0.25, 0.3) is 5.91 Å². The standard InChI is InChI=1S/C18H22N2O/c1-5-20(17-9-7-6-8-13(17)2)18(21)16-11-10-15(19-4)12-14(16)3/h6-12,19H,5H2,1-4H3. The minimum absolute atomic E-state index is 0.0481. The molecule has 0 bridgehead atoms. The highest BCUT2D eigenvalue weighted by Gasteiger charge is 2.19. The van der Waals surface area contributed by atoms with Gasteiger partial charge in [0.05, 0.1) is 0 Å². The highest BCUT2D eigenvalue weighted by Crippen LogP contribution is 2.23. The Balaban J connectivity index is 2.39. The van der Waals surface area contributed by atoms with Crippen molar-refractivity contribution in [2.75, 3.05) is 23.8 Å². The second-order valence-corrected chi connectivity index (χ2v) is 5.12. The Bertz CT molecular complexity index is 649. The van der Waals surface area contributed by atoms with Gasteiger partial charge >= 0.3 is 0 Å². The van der Waals surface area contributed by atoms with E-state index in [1.165, 1.54) is 0 Å². The normalized spacial score (nSPS) is 10.3. The zero-order chi connectivity index (χ0) is 15.4. The minimum atomic E-state index is 0.0481. The lowest BCUT2D eigenvalue weighted by atomic mass is 10.1. The zero-order valence-electron chi connectivity index (χ0n) is 13.1. The van der Waals surface area contributed by atoms with Crippen LogP contribution in [0.2, 0.25) is 0 Å². The molecule has 0 aliphatic heterocycles. The van der Waals surface area contributed by atoms with Crippen molar-refractivity contribution in [3.8, 4) is 0 Å². The van der Waals surface area contributed by atoms with E-state index in [1.807, 2.05) is 75.2 Å². The Morgan fingerprint density at radius 1 is 1.10 bits per heavy atom. The summed E-state index contributed by atoms with van der Waals surface area (Å²) in [5.74, 6) is 0.0481.